The highest BCUT2D eigenvalue weighted by atomic mass is 32.2. The molecule has 0 spiro atoms. The molecule has 126 valence electrons. The van der Waals surface area contributed by atoms with Crippen molar-refractivity contribution < 1.29 is 13.2 Å². The molecule has 3 aromatic rings. The van der Waals surface area contributed by atoms with Crippen LogP contribution in [0.15, 0.2) is 34.8 Å². The Morgan fingerprint density at radius 3 is 2.54 bits per heavy atom. The molecule has 1 unspecified atom stereocenters. The number of rotatable bonds is 4. The van der Waals surface area contributed by atoms with Crippen LogP contribution in [0.4, 0.5) is 0 Å². The zero-order valence-electron chi connectivity index (χ0n) is 12.9. The van der Waals surface area contributed by atoms with Gasteiger partial charge in [-0.3, -0.25) is 4.79 Å². The van der Waals surface area contributed by atoms with Crippen molar-refractivity contribution in [2.24, 2.45) is 5.14 Å². The zero-order valence-corrected chi connectivity index (χ0v) is 14.6. The number of carbonyl (C=O) groups excluding carboxylic acids is 1. The van der Waals surface area contributed by atoms with Crippen molar-refractivity contribution >= 4 is 32.2 Å². The van der Waals surface area contributed by atoms with E-state index in [1.165, 1.54) is 11.4 Å². The van der Waals surface area contributed by atoms with E-state index in [2.05, 4.69) is 15.4 Å². The molecular formula is C14H15N5O3S2. The van der Waals surface area contributed by atoms with E-state index in [9.17, 15) is 13.2 Å². The summed E-state index contributed by atoms with van der Waals surface area (Å²) in [6.45, 7) is 3.38. The molecule has 8 nitrogen and oxygen atoms in total. The van der Waals surface area contributed by atoms with Crippen molar-refractivity contribution in [2.45, 2.75) is 24.2 Å². The Labute approximate surface area is 142 Å². The van der Waals surface area contributed by atoms with Gasteiger partial charge >= 0.3 is 0 Å². The van der Waals surface area contributed by atoms with Gasteiger partial charge in [0.1, 0.15) is 0 Å². The summed E-state index contributed by atoms with van der Waals surface area (Å²) in [6.07, 6.45) is 1.65. The first-order valence-corrected chi connectivity index (χ1v) is 9.37. The van der Waals surface area contributed by atoms with Crippen LogP contribution in [0.1, 0.15) is 25.5 Å². The van der Waals surface area contributed by atoms with Gasteiger partial charge in [-0.05, 0) is 12.5 Å². The molecule has 0 saturated carbocycles. The predicted octanol–water partition coefficient (Wildman–Crippen LogP) is 1.30. The highest BCUT2D eigenvalue weighted by Gasteiger charge is 2.17. The van der Waals surface area contributed by atoms with E-state index >= 15 is 0 Å². The quantitative estimate of drug-likeness (QED) is 0.722. The Morgan fingerprint density at radius 1 is 1.33 bits per heavy atom. The highest BCUT2D eigenvalue weighted by molar-refractivity contribution is 7.91. The van der Waals surface area contributed by atoms with E-state index in [0.717, 1.165) is 22.5 Å². The Kier molecular flexibility index (Phi) is 4.11. The molecule has 0 fully saturated rings. The number of sulfonamides is 1. The Balaban J connectivity index is 1.88. The van der Waals surface area contributed by atoms with Crippen LogP contribution in [0.25, 0.3) is 16.2 Å². The number of imidazole rings is 1. The normalized spacial score (nSPS) is 13.1. The van der Waals surface area contributed by atoms with E-state index in [-0.39, 0.29) is 16.3 Å². The van der Waals surface area contributed by atoms with Crippen molar-refractivity contribution in [3.8, 4) is 11.3 Å². The number of aromatic nitrogens is 3. The molecule has 0 aliphatic carbocycles. The molecule has 1 atom stereocenters. The predicted molar refractivity (Wildman–Crippen MR) is 89.9 cm³/mol. The molecule has 10 heteroatoms. The van der Waals surface area contributed by atoms with Gasteiger partial charge in [0.2, 0.25) is 15.2 Å². The summed E-state index contributed by atoms with van der Waals surface area (Å²) in [5, 5.41) is 11.8. The summed E-state index contributed by atoms with van der Waals surface area (Å²) in [4.78, 5) is 15.9. The van der Waals surface area contributed by atoms with Crippen molar-refractivity contribution in [3.05, 3.63) is 36.0 Å². The first kappa shape index (κ1) is 16.6. The van der Waals surface area contributed by atoms with Gasteiger partial charge in [-0.2, -0.15) is 0 Å². The Morgan fingerprint density at radius 2 is 2.00 bits per heavy atom. The summed E-state index contributed by atoms with van der Waals surface area (Å²) in [5.41, 5.74) is 2.52. The van der Waals surface area contributed by atoms with Crippen molar-refractivity contribution in [3.63, 3.8) is 0 Å². The van der Waals surface area contributed by atoms with Crippen LogP contribution < -0.4 is 10.5 Å². The molecule has 0 bridgehead atoms. The number of fused-ring (bicyclic) bond motifs is 1. The monoisotopic (exact) mass is 365 g/mol. The lowest BCUT2D eigenvalue weighted by Crippen LogP contribution is -2.23. The molecule has 24 heavy (non-hydrogen) atoms. The lowest BCUT2D eigenvalue weighted by atomic mass is 10.0. The fourth-order valence-corrected chi connectivity index (χ4v) is 3.77. The summed E-state index contributed by atoms with van der Waals surface area (Å²) < 4.78 is 23.8. The lowest BCUT2D eigenvalue weighted by Gasteiger charge is -2.12. The molecule has 3 rings (SSSR count). The Hall–Kier alpha value is -2.30. The third-order valence-corrected chi connectivity index (χ3v) is 5.63. The minimum atomic E-state index is -3.83. The number of carbonyl (C=O) groups is 1. The maximum absolute atomic E-state index is 11.3. The minimum Gasteiger partial charge on any atom is -0.350 e. The second-order valence-corrected chi connectivity index (χ2v) is 8.00. The van der Waals surface area contributed by atoms with E-state index in [1.54, 1.807) is 6.20 Å². The number of amides is 1. The average molecular weight is 365 g/mol. The summed E-state index contributed by atoms with van der Waals surface area (Å²) in [6, 6.07) is 7.52. The number of hydrogen-bond acceptors (Lipinski definition) is 6. The van der Waals surface area contributed by atoms with Crippen LogP contribution in [0.2, 0.25) is 0 Å². The van der Waals surface area contributed by atoms with Gasteiger partial charge in [-0.15, -0.1) is 5.10 Å². The van der Waals surface area contributed by atoms with Gasteiger partial charge in [0.05, 0.1) is 17.9 Å². The molecular weight excluding hydrogens is 350 g/mol. The highest BCUT2D eigenvalue weighted by Crippen LogP contribution is 2.25. The molecule has 0 aliphatic rings. The summed E-state index contributed by atoms with van der Waals surface area (Å²) in [5.74, 6) is -0.0855. The SMILES string of the molecule is CC(=O)NC(C)c1ccc(-c2cn3nc(S(N)(=O)=O)sc3n2)cc1. The van der Waals surface area contributed by atoms with Crippen molar-refractivity contribution in [1.82, 2.24) is 19.9 Å². The average Bonchev–Trinajstić information content (AvgIpc) is 3.04. The van der Waals surface area contributed by atoms with Gasteiger partial charge in [0, 0.05) is 12.5 Å². The number of hydrogen-bond donors (Lipinski definition) is 2. The summed E-state index contributed by atoms with van der Waals surface area (Å²) >= 11 is 0.915. The molecule has 0 aliphatic heterocycles. The third kappa shape index (κ3) is 3.30. The first-order valence-electron chi connectivity index (χ1n) is 7.00. The van der Waals surface area contributed by atoms with E-state index in [4.69, 9.17) is 5.14 Å². The fraction of sp³-hybridized carbons (Fsp3) is 0.214. The zero-order chi connectivity index (χ0) is 17.5. The van der Waals surface area contributed by atoms with Crippen LogP contribution in [-0.2, 0) is 14.8 Å². The standard InChI is InChI=1S/C14H15N5O3S2/c1-8(16-9(2)20)10-3-5-11(6-4-10)12-7-19-13(17-12)23-14(18-19)24(15,21)22/h3-8H,1-2H3,(H,16,20)(H2,15,21,22). The maximum atomic E-state index is 11.3. The van der Waals surface area contributed by atoms with Gasteiger partial charge in [-0.1, -0.05) is 35.6 Å². The maximum Gasteiger partial charge on any atom is 0.267 e. The molecule has 0 saturated heterocycles. The molecule has 2 heterocycles. The number of primary sulfonamides is 1. The van der Waals surface area contributed by atoms with Crippen molar-refractivity contribution in [1.29, 1.82) is 0 Å². The largest absolute Gasteiger partial charge is 0.350 e. The first-order chi connectivity index (χ1) is 11.2. The van der Waals surface area contributed by atoms with Crippen LogP contribution >= 0.6 is 11.3 Å². The second kappa shape index (κ2) is 5.96. The van der Waals surface area contributed by atoms with Gasteiger partial charge < -0.3 is 5.32 Å². The van der Waals surface area contributed by atoms with Crippen LogP contribution in [0.3, 0.4) is 0 Å². The van der Waals surface area contributed by atoms with Crippen LogP contribution in [0.5, 0.6) is 0 Å². The number of nitrogens with one attached hydrogen (secondary N) is 1. The molecule has 1 aromatic carbocycles. The van der Waals surface area contributed by atoms with Crippen LogP contribution in [-0.4, -0.2) is 28.9 Å². The smallest absolute Gasteiger partial charge is 0.267 e. The fourth-order valence-electron chi connectivity index (χ4n) is 2.27. The van der Waals surface area contributed by atoms with E-state index < -0.39 is 10.0 Å². The molecule has 1 amide bonds. The van der Waals surface area contributed by atoms with E-state index in [1.807, 2.05) is 31.2 Å². The van der Waals surface area contributed by atoms with Gasteiger partial charge in [0.15, 0.2) is 0 Å². The van der Waals surface area contributed by atoms with Crippen LogP contribution in [0, 0.1) is 0 Å². The van der Waals surface area contributed by atoms with E-state index in [0.29, 0.717) is 10.7 Å². The van der Waals surface area contributed by atoms with Gasteiger partial charge in [-0.25, -0.2) is 23.1 Å². The lowest BCUT2D eigenvalue weighted by molar-refractivity contribution is -0.119. The third-order valence-electron chi connectivity index (χ3n) is 3.39. The molecule has 0 radical (unpaired) electrons. The van der Waals surface area contributed by atoms with Crippen molar-refractivity contribution in [2.75, 3.05) is 0 Å². The number of benzene rings is 1. The topological polar surface area (TPSA) is 119 Å². The molecule has 3 N–H and O–H groups in total. The number of nitrogens with two attached hydrogens (primary N) is 1. The number of nitrogens with zero attached hydrogens (tertiary/aromatic N) is 3. The molecule has 2 aromatic heterocycles. The minimum absolute atomic E-state index is 0.0824. The Bertz CT molecular complexity index is 973. The second-order valence-electron chi connectivity index (χ2n) is 5.31. The summed E-state index contributed by atoms with van der Waals surface area (Å²) in [7, 11) is -3.83. The van der Waals surface area contributed by atoms with Gasteiger partial charge in [0.25, 0.3) is 10.0 Å².